The summed E-state index contributed by atoms with van der Waals surface area (Å²) >= 11 is 11.0. The zero-order valence-corrected chi connectivity index (χ0v) is 75.2. The second-order valence-electron chi connectivity index (χ2n) is 33.9. The van der Waals surface area contributed by atoms with Gasteiger partial charge >= 0.3 is 0 Å². The Kier molecular flexibility index (Phi) is 32.6. The summed E-state index contributed by atoms with van der Waals surface area (Å²) in [4.78, 5) is 52.5. The Bertz CT molecular complexity index is 4750. The van der Waals surface area contributed by atoms with Crippen LogP contribution in [0, 0.1) is 11.8 Å². The van der Waals surface area contributed by atoms with Crippen molar-refractivity contribution >= 4 is 134 Å². The maximum Gasteiger partial charge on any atom is 0.261 e. The van der Waals surface area contributed by atoms with E-state index in [9.17, 15) is 0 Å². The van der Waals surface area contributed by atoms with Gasteiger partial charge in [-0.25, -0.2) is 0 Å². The topological polar surface area (TPSA) is 40.6 Å². The molecule has 0 spiro atoms. The van der Waals surface area contributed by atoms with Crippen LogP contribution in [0.1, 0.15) is 294 Å². The number of thiophene rings is 6. The number of rotatable bonds is 52. The highest BCUT2D eigenvalue weighted by Gasteiger charge is 2.50. The highest BCUT2D eigenvalue weighted by Crippen LogP contribution is 2.54. The molecule has 0 saturated heterocycles. The molecule has 14 rings (SSSR count). The minimum atomic E-state index is 0.0285. The molecule has 2 aliphatic heterocycles. The summed E-state index contributed by atoms with van der Waals surface area (Å²) in [6, 6.07) is 67.7. The maximum absolute atomic E-state index is 16.9. The van der Waals surface area contributed by atoms with Crippen molar-refractivity contribution in [2.75, 3.05) is 13.1 Å². The molecule has 12 aromatic rings. The van der Waals surface area contributed by atoms with Crippen LogP contribution >= 0.6 is 68.0 Å². The Morgan fingerprint density at radius 2 is 0.431 bits per heavy atom. The molecule has 0 N–H and O–H groups in total. The molecule has 0 radical (unpaired) electrons. The van der Waals surface area contributed by atoms with Gasteiger partial charge in [0.2, 0.25) is 0 Å². The Balaban J connectivity index is 0.821. The van der Waals surface area contributed by atoms with Gasteiger partial charge in [0.25, 0.3) is 11.8 Å². The van der Waals surface area contributed by atoms with Gasteiger partial charge in [-0.1, -0.05) is 356 Å². The molecule has 0 bridgehead atoms. The van der Waals surface area contributed by atoms with Gasteiger partial charge in [0.1, 0.15) is 0 Å². The Morgan fingerprint density at radius 3 is 0.681 bits per heavy atom. The van der Waals surface area contributed by atoms with E-state index in [2.05, 4.69) is 219 Å². The van der Waals surface area contributed by atoms with Crippen LogP contribution in [0.25, 0.3) is 114 Å². The first kappa shape index (κ1) is 85.4. The first-order valence-electron chi connectivity index (χ1n) is 45.8. The highest BCUT2D eigenvalue weighted by molar-refractivity contribution is 7.28. The third-order valence-corrected chi connectivity index (χ3v) is 32.4. The molecule has 0 aliphatic carbocycles. The second-order valence-corrected chi connectivity index (χ2v) is 40.4. The van der Waals surface area contributed by atoms with Crippen LogP contribution in [0.3, 0.4) is 0 Å². The SMILES string of the molecule is CCCCCCCCCCCCC(CCCCCCCCCC)CN1C(=O)C2=C(c3ccc(-c4ccc(-c5ccc(-c6c7ccccc7cc7ccccc67)s5)s4)s3)N(CC(CCCCCCCCCC)CCCCCCCCCCCC)C(=O)C2=C1c1ccc(-c2ccc(-c3ccc(-c4c5ccccc5cc5ccccc45)s3)s2)s1. The van der Waals surface area contributed by atoms with Crippen LogP contribution in [0.4, 0.5) is 0 Å². The molecule has 2 unspecified atom stereocenters. The average Bonchev–Trinajstić information content (AvgIpc) is 1.55. The van der Waals surface area contributed by atoms with Gasteiger partial charge < -0.3 is 9.80 Å². The van der Waals surface area contributed by atoms with Crippen LogP contribution in [0.15, 0.2) is 193 Å². The molecule has 8 heterocycles. The molecule has 116 heavy (non-hydrogen) atoms. The predicted octanol–water partition coefficient (Wildman–Crippen LogP) is 35.4. The molecular weight excluding hydrogens is 1530 g/mol. The maximum atomic E-state index is 16.9. The molecule has 6 aromatic heterocycles. The third kappa shape index (κ3) is 21.8. The minimum absolute atomic E-state index is 0.0285. The fourth-order valence-electron chi connectivity index (χ4n) is 18.6. The smallest absolute Gasteiger partial charge is 0.261 e. The van der Waals surface area contributed by atoms with Gasteiger partial charge in [-0.05, 0) is 166 Å². The molecule has 6 aromatic carbocycles. The largest absolute Gasteiger partial charge is 0.306 e. The molecule has 0 saturated carbocycles. The fraction of sp³-hybridized carbons (Fsp3) is 0.453. The molecule has 10 heteroatoms. The average molecular weight is 1650 g/mol. The highest BCUT2D eigenvalue weighted by atomic mass is 32.1. The van der Waals surface area contributed by atoms with E-state index >= 15 is 9.59 Å². The van der Waals surface area contributed by atoms with Crippen molar-refractivity contribution in [3.05, 3.63) is 203 Å². The molecule has 4 nitrogen and oxygen atoms in total. The van der Waals surface area contributed by atoms with E-state index in [-0.39, 0.29) is 11.8 Å². The number of benzene rings is 6. The number of hydrogen-bond donors (Lipinski definition) is 0. The van der Waals surface area contributed by atoms with Crippen LogP contribution in [-0.4, -0.2) is 34.7 Å². The predicted molar refractivity (Wildman–Crippen MR) is 514 cm³/mol. The van der Waals surface area contributed by atoms with Gasteiger partial charge in [0.05, 0.1) is 32.3 Å². The van der Waals surface area contributed by atoms with Gasteiger partial charge in [-0.2, -0.15) is 0 Å². The van der Waals surface area contributed by atoms with E-state index in [4.69, 9.17) is 0 Å². The summed E-state index contributed by atoms with van der Waals surface area (Å²) in [6.45, 7) is 10.5. The summed E-state index contributed by atoms with van der Waals surface area (Å²) in [5.74, 6) is 0.703. The number of unbranched alkanes of at least 4 members (excludes halogenated alkanes) is 32. The quantitative estimate of drug-likeness (QED) is 0.0282. The molecule has 2 atom stereocenters. The number of nitrogens with zero attached hydrogens (tertiary/aromatic N) is 2. The zero-order valence-electron chi connectivity index (χ0n) is 70.3. The molecule has 2 amide bonds. The summed E-state index contributed by atoms with van der Waals surface area (Å²) in [5, 5.41) is 10.2. The lowest BCUT2D eigenvalue weighted by molar-refractivity contribution is -0.124. The van der Waals surface area contributed by atoms with Gasteiger partial charge in [0, 0.05) is 73.0 Å². The number of fused-ring (bicyclic) bond motifs is 5. The van der Waals surface area contributed by atoms with Crippen molar-refractivity contribution < 1.29 is 9.59 Å². The standard InChI is InChI=1S/C106H128N2O2S6/c1-5-9-13-17-21-25-27-31-35-39-51-77(49-37-33-29-23-19-15-11-7-3)75-107-103(97-71-67-93(115-97)89-63-61-87(111-89)91-65-69-95(113-91)99-83-57-45-41-53-79(83)73-80-54-42-46-58-84(80)99)101-102(105(107)109)104(108(106(101)110)76-78(50-38-34-30-24-20-16-12-8-4)52-40-36-32-28-26-22-18-14-10-6-2)98-72-68-94(116-98)90-64-62-88(112-90)92-66-70-96(114-92)100-85-59-47-43-55-81(85)74-82-56-44-48-60-86(82)100/h41-48,53-74,77-78H,5-40,49-52,75-76H2,1-4H3. The monoisotopic (exact) mass is 1650 g/mol. The molecule has 610 valence electrons. The lowest BCUT2D eigenvalue weighted by atomic mass is 9.93. The number of hydrogen-bond acceptors (Lipinski definition) is 8. The number of carbonyl (C=O) groups excluding carboxylic acids is 2. The van der Waals surface area contributed by atoms with Gasteiger partial charge in [-0.15, -0.1) is 68.0 Å². The second kappa shape index (κ2) is 44.3. The van der Waals surface area contributed by atoms with E-state index in [1.165, 1.54) is 334 Å². The Hall–Kier alpha value is -7.02. The summed E-state index contributed by atoms with van der Waals surface area (Å²) in [7, 11) is 0. The fourth-order valence-corrected chi connectivity index (χ4v) is 25.2. The summed E-state index contributed by atoms with van der Waals surface area (Å²) in [6.07, 6.45) is 51.0. The van der Waals surface area contributed by atoms with Gasteiger partial charge in [0.15, 0.2) is 0 Å². The summed E-state index contributed by atoms with van der Waals surface area (Å²) in [5.41, 5.74) is 5.62. The molecule has 2 aliphatic rings. The Labute approximate surface area is 720 Å². The summed E-state index contributed by atoms with van der Waals surface area (Å²) < 4.78 is 0. The van der Waals surface area contributed by atoms with Crippen molar-refractivity contribution in [3.8, 4) is 59.9 Å². The number of amides is 2. The third-order valence-electron chi connectivity index (χ3n) is 25.0. The van der Waals surface area contributed by atoms with Crippen LogP contribution in [0.5, 0.6) is 0 Å². The lowest BCUT2D eigenvalue weighted by Crippen LogP contribution is -2.34. The lowest BCUT2D eigenvalue weighted by Gasteiger charge is -2.29. The van der Waals surface area contributed by atoms with Crippen LogP contribution in [-0.2, 0) is 9.59 Å². The van der Waals surface area contributed by atoms with Crippen molar-refractivity contribution in [1.29, 1.82) is 0 Å². The molecular formula is C106H128N2O2S6. The van der Waals surface area contributed by atoms with E-state index in [1.54, 1.807) is 22.7 Å². The van der Waals surface area contributed by atoms with Crippen molar-refractivity contribution in [1.82, 2.24) is 9.80 Å². The first-order chi connectivity index (χ1) is 57.3. The van der Waals surface area contributed by atoms with Crippen molar-refractivity contribution in [2.24, 2.45) is 11.8 Å². The van der Waals surface area contributed by atoms with Crippen molar-refractivity contribution in [2.45, 2.75) is 285 Å². The normalized spacial score (nSPS) is 13.8. The van der Waals surface area contributed by atoms with E-state index in [1.807, 2.05) is 45.3 Å². The van der Waals surface area contributed by atoms with Crippen LogP contribution < -0.4 is 0 Å². The van der Waals surface area contributed by atoms with Gasteiger partial charge in [-0.3, -0.25) is 9.59 Å². The first-order valence-corrected chi connectivity index (χ1v) is 50.7. The van der Waals surface area contributed by atoms with Crippen LogP contribution in [0.2, 0.25) is 0 Å². The van der Waals surface area contributed by atoms with E-state index < -0.39 is 0 Å². The minimum Gasteiger partial charge on any atom is -0.306 e. The Morgan fingerprint density at radius 1 is 0.233 bits per heavy atom. The number of carbonyl (C=O) groups is 2. The van der Waals surface area contributed by atoms with E-state index in [0.29, 0.717) is 36.1 Å². The van der Waals surface area contributed by atoms with E-state index in [0.717, 1.165) is 46.8 Å². The van der Waals surface area contributed by atoms with Crippen molar-refractivity contribution in [3.63, 3.8) is 0 Å². The zero-order chi connectivity index (χ0) is 79.6. The molecule has 0 fully saturated rings.